The molecule has 3 aromatic heterocycles. The van der Waals surface area contributed by atoms with Gasteiger partial charge in [0.2, 0.25) is 5.13 Å². The van der Waals surface area contributed by atoms with Crippen LogP contribution in [0.25, 0.3) is 10.6 Å². The van der Waals surface area contributed by atoms with Crippen LogP contribution in [0.2, 0.25) is 0 Å². The lowest BCUT2D eigenvalue weighted by molar-refractivity contribution is 1.02. The molecule has 7 heteroatoms. The summed E-state index contributed by atoms with van der Waals surface area (Å²) in [4.78, 5) is 21.2. The van der Waals surface area contributed by atoms with E-state index < -0.39 is 0 Å². The van der Waals surface area contributed by atoms with Crippen molar-refractivity contribution in [3.8, 4) is 10.6 Å². The van der Waals surface area contributed by atoms with Crippen LogP contribution in [-0.2, 0) is 0 Å². The molecule has 3 aromatic rings. The minimum atomic E-state index is -0.170. The van der Waals surface area contributed by atoms with E-state index in [2.05, 4.69) is 20.2 Å². The number of hydrogen-bond acceptors (Lipinski definition) is 5. The predicted octanol–water partition coefficient (Wildman–Crippen LogP) is 2.95. The second kappa shape index (κ2) is 4.94. The summed E-state index contributed by atoms with van der Waals surface area (Å²) in [6.45, 7) is 1.82. The number of thiazole rings is 1. The van der Waals surface area contributed by atoms with Crippen LogP contribution in [0.5, 0.6) is 0 Å². The van der Waals surface area contributed by atoms with Gasteiger partial charge in [0.15, 0.2) is 0 Å². The SMILES string of the molecule is Cc1[nH][nH]c(=O)c1C=Nc1nc(-c2cccs2)cs1. The topological polar surface area (TPSA) is 73.9 Å². The van der Waals surface area contributed by atoms with Gasteiger partial charge in [-0.25, -0.2) is 9.98 Å². The first-order valence-electron chi connectivity index (χ1n) is 5.55. The van der Waals surface area contributed by atoms with Crippen molar-refractivity contribution in [2.75, 3.05) is 0 Å². The molecule has 0 saturated heterocycles. The molecule has 3 heterocycles. The maximum Gasteiger partial charge on any atom is 0.272 e. The van der Waals surface area contributed by atoms with Crippen LogP contribution in [0, 0.1) is 6.92 Å². The molecular weight excluding hydrogens is 280 g/mol. The molecule has 96 valence electrons. The highest BCUT2D eigenvalue weighted by atomic mass is 32.1. The molecule has 5 nitrogen and oxygen atoms in total. The molecule has 0 unspecified atom stereocenters. The molecular formula is C12H10N4OS2. The minimum absolute atomic E-state index is 0.170. The standard InChI is InChI=1S/C12H10N4OS2/c1-7-8(11(17)16-15-7)5-13-12-14-9(6-19-12)10-3-2-4-18-10/h2-6H,1H3,(H2,15,16,17). The Morgan fingerprint density at radius 2 is 2.26 bits per heavy atom. The minimum Gasteiger partial charge on any atom is -0.302 e. The fourth-order valence-electron chi connectivity index (χ4n) is 1.59. The normalized spacial score (nSPS) is 11.4. The number of hydrogen-bond donors (Lipinski definition) is 2. The first kappa shape index (κ1) is 12.1. The monoisotopic (exact) mass is 290 g/mol. The maximum atomic E-state index is 11.5. The van der Waals surface area contributed by atoms with Crippen molar-refractivity contribution in [2.45, 2.75) is 6.92 Å². The lowest BCUT2D eigenvalue weighted by Gasteiger charge is -1.87. The van der Waals surface area contributed by atoms with Gasteiger partial charge in [-0.2, -0.15) is 0 Å². The fraction of sp³-hybridized carbons (Fsp3) is 0.0833. The van der Waals surface area contributed by atoms with Crippen molar-refractivity contribution in [3.05, 3.63) is 44.5 Å². The second-order valence-electron chi connectivity index (χ2n) is 3.87. The van der Waals surface area contributed by atoms with Gasteiger partial charge in [0.25, 0.3) is 5.56 Å². The summed E-state index contributed by atoms with van der Waals surface area (Å²) in [6, 6.07) is 4.01. The van der Waals surface area contributed by atoms with E-state index in [0.29, 0.717) is 10.7 Å². The van der Waals surface area contributed by atoms with E-state index in [-0.39, 0.29) is 5.56 Å². The first-order chi connectivity index (χ1) is 9.24. The quantitative estimate of drug-likeness (QED) is 0.728. The number of aromatic nitrogens is 3. The number of aryl methyl sites for hydroxylation is 1. The smallest absolute Gasteiger partial charge is 0.272 e. The average molecular weight is 290 g/mol. The zero-order valence-electron chi connectivity index (χ0n) is 10.0. The van der Waals surface area contributed by atoms with Crippen molar-refractivity contribution >= 4 is 34.0 Å². The third kappa shape index (κ3) is 2.42. The van der Waals surface area contributed by atoms with E-state index in [1.165, 1.54) is 11.3 Å². The van der Waals surface area contributed by atoms with Crippen LogP contribution < -0.4 is 5.56 Å². The Hall–Kier alpha value is -1.99. The summed E-state index contributed by atoms with van der Waals surface area (Å²) < 4.78 is 0. The fourth-order valence-corrected chi connectivity index (χ4v) is 3.01. The number of nitrogens with one attached hydrogen (secondary N) is 2. The molecule has 0 spiro atoms. The highest BCUT2D eigenvalue weighted by molar-refractivity contribution is 7.15. The van der Waals surface area contributed by atoms with Crippen LogP contribution >= 0.6 is 22.7 Å². The largest absolute Gasteiger partial charge is 0.302 e. The Balaban J connectivity index is 1.87. The predicted molar refractivity (Wildman–Crippen MR) is 78.8 cm³/mol. The number of aromatic amines is 2. The lowest BCUT2D eigenvalue weighted by atomic mass is 10.3. The van der Waals surface area contributed by atoms with Gasteiger partial charge in [-0.05, 0) is 18.4 Å². The van der Waals surface area contributed by atoms with Crippen molar-refractivity contribution in [1.29, 1.82) is 0 Å². The highest BCUT2D eigenvalue weighted by Crippen LogP contribution is 2.29. The van der Waals surface area contributed by atoms with Gasteiger partial charge in [0.05, 0.1) is 16.1 Å². The molecule has 19 heavy (non-hydrogen) atoms. The average Bonchev–Trinajstić information content (AvgIpc) is 3.10. The summed E-state index contributed by atoms with van der Waals surface area (Å²) in [5, 5.41) is 9.89. The van der Waals surface area contributed by atoms with E-state index in [0.717, 1.165) is 16.3 Å². The molecule has 0 aromatic carbocycles. The number of thiophene rings is 1. The third-order valence-electron chi connectivity index (χ3n) is 2.58. The van der Waals surface area contributed by atoms with Crippen LogP contribution in [-0.4, -0.2) is 21.4 Å². The molecule has 0 bridgehead atoms. The molecule has 0 radical (unpaired) electrons. The number of nitrogens with zero attached hydrogens (tertiary/aromatic N) is 2. The van der Waals surface area contributed by atoms with E-state index in [4.69, 9.17) is 0 Å². The molecule has 0 amide bonds. The lowest BCUT2D eigenvalue weighted by Crippen LogP contribution is -2.04. The third-order valence-corrected chi connectivity index (χ3v) is 4.22. The van der Waals surface area contributed by atoms with Crippen LogP contribution in [0.15, 0.2) is 32.7 Å². The zero-order chi connectivity index (χ0) is 13.2. The van der Waals surface area contributed by atoms with E-state index in [9.17, 15) is 4.79 Å². The summed E-state index contributed by atoms with van der Waals surface area (Å²) in [5.41, 5.74) is 2.06. The van der Waals surface area contributed by atoms with Crippen LogP contribution in [0.3, 0.4) is 0 Å². The molecule has 3 rings (SSSR count). The van der Waals surface area contributed by atoms with Gasteiger partial charge in [-0.1, -0.05) is 6.07 Å². The van der Waals surface area contributed by atoms with Gasteiger partial charge in [0.1, 0.15) is 0 Å². The molecule has 0 fully saturated rings. The number of rotatable bonds is 3. The Bertz CT molecular complexity index is 764. The van der Waals surface area contributed by atoms with Crippen molar-refractivity contribution < 1.29 is 0 Å². The first-order valence-corrected chi connectivity index (χ1v) is 7.30. The molecule has 0 saturated carbocycles. The van der Waals surface area contributed by atoms with Crippen molar-refractivity contribution in [3.63, 3.8) is 0 Å². The molecule has 0 aliphatic carbocycles. The molecule has 0 atom stereocenters. The Labute approximate surface area is 116 Å². The van der Waals surface area contributed by atoms with Crippen molar-refractivity contribution in [2.24, 2.45) is 4.99 Å². The highest BCUT2D eigenvalue weighted by Gasteiger charge is 2.05. The van der Waals surface area contributed by atoms with Gasteiger partial charge in [0, 0.05) is 17.3 Å². The summed E-state index contributed by atoms with van der Waals surface area (Å²) >= 11 is 3.10. The zero-order valence-corrected chi connectivity index (χ0v) is 11.6. The van der Waals surface area contributed by atoms with Gasteiger partial charge >= 0.3 is 0 Å². The van der Waals surface area contributed by atoms with Crippen LogP contribution in [0.1, 0.15) is 11.3 Å². The Kier molecular flexibility index (Phi) is 3.14. The molecule has 2 N–H and O–H groups in total. The number of H-pyrrole nitrogens is 2. The summed E-state index contributed by atoms with van der Waals surface area (Å²) in [5.74, 6) is 0. The summed E-state index contributed by atoms with van der Waals surface area (Å²) in [7, 11) is 0. The van der Waals surface area contributed by atoms with E-state index in [1.54, 1.807) is 17.6 Å². The summed E-state index contributed by atoms with van der Waals surface area (Å²) in [6.07, 6.45) is 1.54. The van der Waals surface area contributed by atoms with Gasteiger partial charge in [-0.15, -0.1) is 22.7 Å². The molecule has 0 aliphatic heterocycles. The molecule has 0 aliphatic rings. The van der Waals surface area contributed by atoms with Crippen molar-refractivity contribution in [1.82, 2.24) is 15.2 Å². The second-order valence-corrected chi connectivity index (χ2v) is 5.65. The Morgan fingerprint density at radius 1 is 1.37 bits per heavy atom. The Morgan fingerprint density at radius 3 is 2.95 bits per heavy atom. The van der Waals surface area contributed by atoms with E-state index in [1.807, 2.05) is 29.8 Å². The van der Waals surface area contributed by atoms with Gasteiger partial charge < -0.3 is 5.10 Å². The van der Waals surface area contributed by atoms with Gasteiger partial charge in [-0.3, -0.25) is 9.89 Å². The maximum absolute atomic E-state index is 11.5. The van der Waals surface area contributed by atoms with Crippen LogP contribution in [0.4, 0.5) is 5.13 Å². The number of aliphatic imine (C=N–C) groups is 1. The van der Waals surface area contributed by atoms with E-state index >= 15 is 0 Å².